The number of benzene rings is 1. The zero-order valence-corrected chi connectivity index (χ0v) is 13.8. The fourth-order valence-corrected chi connectivity index (χ4v) is 2.31. The SMILES string of the molecule is CC(=O)Nc1ccc(O[C@H]2O[C@H](COC(C)=O)[C@@H](O)[C@H](O)[C@@H]2O)cc1. The lowest BCUT2D eigenvalue weighted by Crippen LogP contribution is -2.60. The highest BCUT2D eigenvalue weighted by Crippen LogP contribution is 2.25. The molecule has 1 amide bonds. The van der Waals surface area contributed by atoms with E-state index in [4.69, 9.17) is 14.2 Å². The molecular weight excluding hydrogens is 334 g/mol. The van der Waals surface area contributed by atoms with Crippen molar-refractivity contribution in [2.24, 2.45) is 0 Å². The van der Waals surface area contributed by atoms with Crippen molar-refractivity contribution in [2.75, 3.05) is 11.9 Å². The molecule has 25 heavy (non-hydrogen) atoms. The predicted molar refractivity (Wildman–Crippen MR) is 84.7 cm³/mol. The molecule has 9 nitrogen and oxygen atoms in total. The first-order valence-corrected chi connectivity index (χ1v) is 7.65. The van der Waals surface area contributed by atoms with Crippen LogP contribution in [0, 0.1) is 0 Å². The Morgan fingerprint density at radius 2 is 1.72 bits per heavy atom. The van der Waals surface area contributed by atoms with Crippen LogP contribution < -0.4 is 10.1 Å². The van der Waals surface area contributed by atoms with E-state index in [1.54, 1.807) is 24.3 Å². The molecule has 1 fully saturated rings. The lowest BCUT2D eigenvalue weighted by atomic mass is 9.99. The van der Waals surface area contributed by atoms with Crippen LogP contribution in [-0.2, 0) is 19.1 Å². The van der Waals surface area contributed by atoms with Crippen molar-refractivity contribution in [1.29, 1.82) is 0 Å². The largest absolute Gasteiger partial charge is 0.463 e. The lowest BCUT2D eigenvalue weighted by Gasteiger charge is -2.39. The molecule has 1 aliphatic heterocycles. The number of aliphatic hydroxyl groups excluding tert-OH is 3. The Kier molecular flexibility index (Phi) is 6.32. The van der Waals surface area contributed by atoms with Crippen LogP contribution in [0.3, 0.4) is 0 Å². The first kappa shape index (κ1) is 19.1. The standard InChI is InChI=1S/C16H21NO8/c1-8(18)17-10-3-5-11(6-4-10)24-16-15(22)14(21)13(20)12(25-16)7-23-9(2)19/h3-6,12-16,20-22H,7H2,1-2H3,(H,17,18)/t12-,13-,14+,15+,16+/m1/s1. The van der Waals surface area contributed by atoms with Gasteiger partial charge in [0.1, 0.15) is 36.8 Å². The minimum absolute atomic E-state index is 0.217. The summed E-state index contributed by atoms with van der Waals surface area (Å²) in [6, 6.07) is 6.26. The van der Waals surface area contributed by atoms with E-state index in [2.05, 4.69) is 5.32 Å². The molecule has 9 heteroatoms. The Labute approximate surface area is 144 Å². The normalized spacial score (nSPS) is 28.9. The maximum absolute atomic E-state index is 11.0. The number of carbonyl (C=O) groups is 2. The van der Waals surface area contributed by atoms with Crippen molar-refractivity contribution in [1.82, 2.24) is 0 Å². The third-order valence-electron chi connectivity index (χ3n) is 3.55. The number of hydrogen-bond donors (Lipinski definition) is 4. The van der Waals surface area contributed by atoms with Gasteiger partial charge in [0.05, 0.1) is 0 Å². The number of nitrogens with one attached hydrogen (secondary N) is 1. The number of rotatable bonds is 5. The second-order valence-corrected chi connectivity index (χ2v) is 5.64. The zero-order chi connectivity index (χ0) is 18.6. The molecule has 0 aliphatic carbocycles. The molecule has 1 saturated heterocycles. The third kappa shape index (κ3) is 5.13. The van der Waals surface area contributed by atoms with Gasteiger partial charge in [0, 0.05) is 19.5 Å². The van der Waals surface area contributed by atoms with Crippen molar-refractivity contribution in [2.45, 2.75) is 44.6 Å². The van der Waals surface area contributed by atoms with Crippen LogP contribution in [0.4, 0.5) is 5.69 Å². The molecule has 1 aromatic carbocycles. The summed E-state index contributed by atoms with van der Waals surface area (Å²) in [5.74, 6) is -0.472. The quantitative estimate of drug-likeness (QED) is 0.514. The maximum Gasteiger partial charge on any atom is 0.302 e. The van der Waals surface area contributed by atoms with E-state index in [-0.39, 0.29) is 12.5 Å². The molecule has 0 unspecified atom stereocenters. The van der Waals surface area contributed by atoms with Gasteiger partial charge in [-0.2, -0.15) is 0 Å². The van der Waals surface area contributed by atoms with Gasteiger partial charge >= 0.3 is 5.97 Å². The van der Waals surface area contributed by atoms with Gasteiger partial charge in [-0.1, -0.05) is 0 Å². The lowest BCUT2D eigenvalue weighted by molar-refractivity contribution is -0.278. The molecule has 1 aromatic rings. The highest BCUT2D eigenvalue weighted by molar-refractivity contribution is 5.88. The molecule has 0 aromatic heterocycles. The summed E-state index contributed by atoms with van der Waals surface area (Å²) in [6.07, 6.45) is -6.79. The first-order chi connectivity index (χ1) is 11.8. The smallest absolute Gasteiger partial charge is 0.302 e. The van der Waals surface area contributed by atoms with Gasteiger partial charge < -0.3 is 34.8 Å². The summed E-state index contributed by atoms with van der Waals surface area (Å²) in [5.41, 5.74) is 0.563. The molecule has 1 aliphatic rings. The number of aliphatic hydroxyl groups is 3. The van der Waals surface area contributed by atoms with Gasteiger partial charge in [0.15, 0.2) is 0 Å². The minimum atomic E-state index is -1.53. The Bertz CT molecular complexity index is 605. The number of esters is 1. The molecular formula is C16H21NO8. The van der Waals surface area contributed by atoms with Crippen LogP contribution in [0.1, 0.15) is 13.8 Å². The summed E-state index contributed by atoms with van der Waals surface area (Å²) in [6.45, 7) is 2.29. The Morgan fingerprint density at radius 1 is 1.08 bits per heavy atom. The summed E-state index contributed by atoms with van der Waals surface area (Å²) >= 11 is 0. The number of amides is 1. The summed E-state index contributed by atoms with van der Waals surface area (Å²) in [5, 5.41) is 32.4. The molecule has 4 N–H and O–H groups in total. The monoisotopic (exact) mass is 355 g/mol. The predicted octanol–water partition coefficient (Wildman–Crippen LogP) is -0.606. The van der Waals surface area contributed by atoms with Crippen molar-refractivity contribution in [3.63, 3.8) is 0 Å². The Hall–Kier alpha value is -2.20. The zero-order valence-electron chi connectivity index (χ0n) is 13.8. The van der Waals surface area contributed by atoms with Gasteiger partial charge in [-0.25, -0.2) is 0 Å². The molecule has 0 radical (unpaired) electrons. The molecule has 138 valence electrons. The molecule has 1 heterocycles. The molecule has 0 saturated carbocycles. The fourth-order valence-electron chi connectivity index (χ4n) is 2.31. The third-order valence-corrected chi connectivity index (χ3v) is 3.55. The van der Waals surface area contributed by atoms with E-state index in [0.29, 0.717) is 11.4 Å². The summed E-state index contributed by atoms with van der Waals surface area (Å²) in [7, 11) is 0. The fraction of sp³-hybridized carbons (Fsp3) is 0.500. The molecule has 5 atom stereocenters. The summed E-state index contributed by atoms with van der Waals surface area (Å²) in [4.78, 5) is 21.9. The van der Waals surface area contributed by atoms with Crippen molar-refractivity contribution in [3.05, 3.63) is 24.3 Å². The van der Waals surface area contributed by atoms with Gasteiger partial charge in [-0.05, 0) is 24.3 Å². The number of carbonyl (C=O) groups excluding carboxylic acids is 2. The first-order valence-electron chi connectivity index (χ1n) is 7.65. The van der Waals surface area contributed by atoms with Crippen LogP contribution in [0.2, 0.25) is 0 Å². The molecule has 2 rings (SSSR count). The number of ether oxygens (including phenoxy) is 3. The van der Waals surface area contributed by atoms with Crippen LogP contribution in [0.25, 0.3) is 0 Å². The number of anilines is 1. The second kappa shape index (κ2) is 8.26. The minimum Gasteiger partial charge on any atom is -0.463 e. The molecule has 0 bridgehead atoms. The van der Waals surface area contributed by atoms with E-state index in [0.717, 1.165) is 0 Å². The highest BCUT2D eigenvalue weighted by Gasteiger charge is 2.45. The van der Waals surface area contributed by atoms with E-state index in [9.17, 15) is 24.9 Å². The van der Waals surface area contributed by atoms with Crippen LogP contribution >= 0.6 is 0 Å². The number of hydrogen-bond acceptors (Lipinski definition) is 8. The average Bonchev–Trinajstić information content (AvgIpc) is 2.55. The van der Waals surface area contributed by atoms with Crippen LogP contribution in [0.15, 0.2) is 24.3 Å². The van der Waals surface area contributed by atoms with E-state index < -0.39 is 36.7 Å². The van der Waals surface area contributed by atoms with Gasteiger partial charge in [0.2, 0.25) is 12.2 Å². The topological polar surface area (TPSA) is 135 Å². The molecule has 0 spiro atoms. The van der Waals surface area contributed by atoms with E-state index in [1.165, 1.54) is 13.8 Å². The highest BCUT2D eigenvalue weighted by atomic mass is 16.7. The van der Waals surface area contributed by atoms with Gasteiger partial charge in [-0.3, -0.25) is 9.59 Å². The maximum atomic E-state index is 11.0. The van der Waals surface area contributed by atoms with Crippen LogP contribution in [0.5, 0.6) is 5.75 Å². The average molecular weight is 355 g/mol. The van der Waals surface area contributed by atoms with E-state index >= 15 is 0 Å². The van der Waals surface area contributed by atoms with Gasteiger partial charge in [-0.15, -0.1) is 0 Å². The van der Waals surface area contributed by atoms with Crippen LogP contribution in [-0.4, -0.2) is 64.5 Å². The second-order valence-electron chi connectivity index (χ2n) is 5.64. The van der Waals surface area contributed by atoms with Crippen molar-refractivity contribution >= 4 is 17.6 Å². The van der Waals surface area contributed by atoms with E-state index in [1.807, 2.05) is 0 Å². The Morgan fingerprint density at radius 3 is 2.28 bits per heavy atom. The summed E-state index contributed by atoms with van der Waals surface area (Å²) < 4.78 is 15.7. The van der Waals surface area contributed by atoms with Gasteiger partial charge in [0.25, 0.3) is 0 Å². The van der Waals surface area contributed by atoms with Crippen molar-refractivity contribution in [3.8, 4) is 5.75 Å². The Balaban J connectivity index is 2.03. The van der Waals surface area contributed by atoms with Crippen molar-refractivity contribution < 1.29 is 39.1 Å².